The maximum Gasteiger partial charge on any atom is 0.238 e. The second kappa shape index (κ2) is 8.80. The molecule has 0 aromatic heterocycles. The van der Waals surface area contributed by atoms with Crippen molar-refractivity contribution in [2.24, 2.45) is 0 Å². The molecule has 0 aliphatic rings. The summed E-state index contributed by atoms with van der Waals surface area (Å²) in [5.74, 6) is -0.176. The average molecular weight is 385 g/mol. The predicted octanol–water partition coefficient (Wildman–Crippen LogP) is 2.81. The topological polar surface area (TPSA) is 90.3 Å². The summed E-state index contributed by atoms with van der Waals surface area (Å²) in [4.78, 5) is 14.6. The first-order chi connectivity index (χ1) is 12.7. The standard InChI is InChI=1S/C20H23N3O3S/c1-15(2)23(13-17-6-4-16(12-21)5-7-17)14-20(24)22-18-8-10-19(11-9-18)27(3,25)26/h4-11,15H,13-14H2,1-3H3,(H,22,24). The molecule has 7 heteroatoms. The van der Waals surface area contributed by atoms with E-state index in [0.29, 0.717) is 17.8 Å². The van der Waals surface area contributed by atoms with E-state index in [4.69, 9.17) is 5.26 Å². The Balaban J connectivity index is 2.01. The highest BCUT2D eigenvalue weighted by Gasteiger charge is 2.15. The fourth-order valence-corrected chi connectivity index (χ4v) is 3.14. The zero-order valence-electron chi connectivity index (χ0n) is 15.6. The molecule has 0 saturated heterocycles. The number of anilines is 1. The summed E-state index contributed by atoms with van der Waals surface area (Å²) in [7, 11) is -3.26. The molecule has 0 fully saturated rings. The van der Waals surface area contributed by atoms with Crippen LogP contribution < -0.4 is 5.32 Å². The Morgan fingerprint density at radius 2 is 1.70 bits per heavy atom. The average Bonchev–Trinajstić information content (AvgIpc) is 2.61. The molecular weight excluding hydrogens is 362 g/mol. The number of amides is 1. The Morgan fingerprint density at radius 1 is 1.11 bits per heavy atom. The quantitative estimate of drug-likeness (QED) is 0.791. The van der Waals surface area contributed by atoms with Crippen LogP contribution in [0.4, 0.5) is 5.69 Å². The van der Waals surface area contributed by atoms with Gasteiger partial charge in [0.15, 0.2) is 9.84 Å². The monoisotopic (exact) mass is 385 g/mol. The summed E-state index contributed by atoms with van der Waals surface area (Å²) >= 11 is 0. The zero-order chi connectivity index (χ0) is 20.0. The Morgan fingerprint density at radius 3 is 2.19 bits per heavy atom. The lowest BCUT2D eigenvalue weighted by Gasteiger charge is -2.26. The van der Waals surface area contributed by atoms with Crippen LogP contribution in [-0.4, -0.2) is 38.1 Å². The van der Waals surface area contributed by atoms with Crippen LogP contribution in [0, 0.1) is 11.3 Å². The molecule has 2 aromatic carbocycles. The van der Waals surface area contributed by atoms with Crippen LogP contribution in [0.25, 0.3) is 0 Å². The highest BCUT2D eigenvalue weighted by Crippen LogP contribution is 2.15. The van der Waals surface area contributed by atoms with Gasteiger partial charge in [0.25, 0.3) is 0 Å². The van der Waals surface area contributed by atoms with Gasteiger partial charge in [-0.05, 0) is 55.8 Å². The number of carbonyl (C=O) groups is 1. The minimum absolute atomic E-state index is 0.152. The zero-order valence-corrected chi connectivity index (χ0v) is 16.5. The molecule has 0 aliphatic carbocycles. The number of rotatable bonds is 7. The van der Waals surface area contributed by atoms with E-state index >= 15 is 0 Å². The van der Waals surface area contributed by atoms with Crippen molar-refractivity contribution in [3.8, 4) is 6.07 Å². The predicted molar refractivity (Wildman–Crippen MR) is 105 cm³/mol. The van der Waals surface area contributed by atoms with Gasteiger partial charge in [0.05, 0.1) is 23.1 Å². The van der Waals surface area contributed by atoms with E-state index in [1.807, 2.05) is 30.9 Å². The molecule has 0 radical (unpaired) electrons. The third-order valence-electron chi connectivity index (χ3n) is 4.11. The maximum absolute atomic E-state index is 12.4. The van der Waals surface area contributed by atoms with Crippen LogP contribution in [0.1, 0.15) is 25.0 Å². The van der Waals surface area contributed by atoms with Gasteiger partial charge in [-0.25, -0.2) is 8.42 Å². The SMILES string of the molecule is CC(C)N(CC(=O)Nc1ccc(S(C)(=O)=O)cc1)Cc1ccc(C#N)cc1. The number of nitrogens with one attached hydrogen (secondary N) is 1. The summed E-state index contributed by atoms with van der Waals surface area (Å²) < 4.78 is 23.0. The molecule has 27 heavy (non-hydrogen) atoms. The number of benzene rings is 2. The van der Waals surface area contributed by atoms with Crippen molar-refractivity contribution in [2.75, 3.05) is 18.1 Å². The number of nitriles is 1. The molecule has 0 unspecified atom stereocenters. The molecule has 1 amide bonds. The van der Waals surface area contributed by atoms with E-state index in [9.17, 15) is 13.2 Å². The van der Waals surface area contributed by atoms with Crippen molar-refractivity contribution in [3.05, 3.63) is 59.7 Å². The number of sulfone groups is 1. The van der Waals surface area contributed by atoms with E-state index in [0.717, 1.165) is 11.8 Å². The Bertz CT molecular complexity index is 928. The molecule has 0 bridgehead atoms. The lowest BCUT2D eigenvalue weighted by Crippen LogP contribution is -2.37. The fourth-order valence-electron chi connectivity index (χ4n) is 2.51. The maximum atomic E-state index is 12.4. The van der Waals surface area contributed by atoms with Gasteiger partial charge in [-0.15, -0.1) is 0 Å². The van der Waals surface area contributed by atoms with Crippen LogP contribution >= 0.6 is 0 Å². The van der Waals surface area contributed by atoms with Gasteiger partial charge in [0, 0.05) is 24.5 Å². The van der Waals surface area contributed by atoms with E-state index < -0.39 is 9.84 Å². The van der Waals surface area contributed by atoms with Gasteiger partial charge in [-0.2, -0.15) is 5.26 Å². The highest BCUT2D eigenvalue weighted by atomic mass is 32.2. The molecule has 2 rings (SSSR count). The Kier molecular flexibility index (Phi) is 6.72. The molecule has 2 aromatic rings. The first-order valence-electron chi connectivity index (χ1n) is 8.52. The van der Waals surface area contributed by atoms with Crippen LogP contribution in [0.5, 0.6) is 0 Å². The van der Waals surface area contributed by atoms with Crippen LogP contribution in [0.15, 0.2) is 53.4 Å². The molecule has 0 aliphatic heterocycles. The van der Waals surface area contributed by atoms with E-state index in [-0.39, 0.29) is 23.4 Å². The number of carbonyl (C=O) groups excluding carboxylic acids is 1. The van der Waals surface area contributed by atoms with Gasteiger partial charge in [-0.3, -0.25) is 9.69 Å². The van der Waals surface area contributed by atoms with Gasteiger partial charge >= 0.3 is 0 Å². The first kappa shape index (κ1) is 20.6. The molecule has 142 valence electrons. The molecule has 0 heterocycles. The molecule has 1 N–H and O–H groups in total. The lowest BCUT2D eigenvalue weighted by atomic mass is 10.1. The molecule has 0 saturated carbocycles. The third kappa shape index (κ3) is 6.20. The second-order valence-electron chi connectivity index (χ2n) is 6.65. The molecule has 0 atom stereocenters. The van der Waals surface area contributed by atoms with Crippen molar-refractivity contribution in [1.82, 2.24) is 4.90 Å². The minimum atomic E-state index is -3.26. The van der Waals surface area contributed by atoms with Gasteiger partial charge in [-0.1, -0.05) is 12.1 Å². The highest BCUT2D eigenvalue weighted by molar-refractivity contribution is 7.90. The van der Waals surface area contributed by atoms with Crippen molar-refractivity contribution in [2.45, 2.75) is 31.3 Å². The van der Waals surface area contributed by atoms with Gasteiger partial charge in [0.1, 0.15) is 0 Å². The van der Waals surface area contributed by atoms with E-state index in [1.165, 1.54) is 12.1 Å². The summed E-state index contributed by atoms with van der Waals surface area (Å²) in [6, 6.07) is 15.6. The summed E-state index contributed by atoms with van der Waals surface area (Å²) in [6.07, 6.45) is 1.14. The van der Waals surface area contributed by atoms with Crippen molar-refractivity contribution in [1.29, 1.82) is 5.26 Å². The smallest absolute Gasteiger partial charge is 0.238 e. The number of nitrogens with zero attached hydrogens (tertiary/aromatic N) is 2. The Labute approximate surface area is 160 Å². The number of hydrogen-bond donors (Lipinski definition) is 1. The van der Waals surface area contributed by atoms with E-state index in [1.54, 1.807) is 24.3 Å². The van der Waals surface area contributed by atoms with Crippen molar-refractivity contribution >= 4 is 21.4 Å². The van der Waals surface area contributed by atoms with Crippen LogP contribution in [0.2, 0.25) is 0 Å². The minimum Gasteiger partial charge on any atom is -0.325 e. The molecular formula is C20H23N3O3S. The third-order valence-corrected chi connectivity index (χ3v) is 5.24. The Hall–Kier alpha value is -2.69. The number of hydrogen-bond acceptors (Lipinski definition) is 5. The second-order valence-corrected chi connectivity index (χ2v) is 8.67. The van der Waals surface area contributed by atoms with Crippen molar-refractivity contribution < 1.29 is 13.2 Å². The lowest BCUT2D eigenvalue weighted by molar-refractivity contribution is -0.117. The van der Waals surface area contributed by atoms with Crippen LogP contribution in [-0.2, 0) is 21.2 Å². The van der Waals surface area contributed by atoms with Crippen LogP contribution in [0.3, 0.4) is 0 Å². The first-order valence-corrected chi connectivity index (χ1v) is 10.4. The molecule has 0 spiro atoms. The summed E-state index contributed by atoms with van der Waals surface area (Å²) in [6.45, 7) is 4.81. The summed E-state index contributed by atoms with van der Waals surface area (Å²) in [5.41, 5.74) is 2.17. The van der Waals surface area contributed by atoms with Gasteiger partial charge < -0.3 is 5.32 Å². The summed E-state index contributed by atoms with van der Waals surface area (Å²) in [5, 5.41) is 11.7. The fraction of sp³-hybridized carbons (Fsp3) is 0.300. The van der Waals surface area contributed by atoms with E-state index in [2.05, 4.69) is 11.4 Å². The molecule has 6 nitrogen and oxygen atoms in total. The largest absolute Gasteiger partial charge is 0.325 e. The van der Waals surface area contributed by atoms with Crippen molar-refractivity contribution in [3.63, 3.8) is 0 Å². The van der Waals surface area contributed by atoms with Gasteiger partial charge in [0.2, 0.25) is 5.91 Å². The normalized spacial score (nSPS) is 11.4.